The van der Waals surface area contributed by atoms with Crippen molar-refractivity contribution in [2.24, 2.45) is 0 Å². The van der Waals surface area contributed by atoms with Gasteiger partial charge in [-0.3, -0.25) is 4.90 Å². The predicted octanol–water partition coefficient (Wildman–Crippen LogP) is 13.4. The number of phenols is 8. The van der Waals surface area contributed by atoms with Crippen LogP contribution < -0.4 is 4.90 Å². The van der Waals surface area contributed by atoms with Crippen LogP contribution in [0.15, 0.2) is 188 Å². The van der Waals surface area contributed by atoms with Gasteiger partial charge in [0, 0.05) is 5.69 Å². The first-order chi connectivity index (χ1) is 31.6. The van der Waals surface area contributed by atoms with Gasteiger partial charge in [-0.25, -0.2) is 0 Å². The van der Waals surface area contributed by atoms with Crippen LogP contribution in [-0.4, -0.2) is 40.9 Å². The van der Waals surface area contributed by atoms with Crippen LogP contribution in [0.4, 0.5) is 17.1 Å². The van der Waals surface area contributed by atoms with Crippen molar-refractivity contribution in [3.63, 3.8) is 0 Å². The number of rotatable bonds is 8. The van der Waals surface area contributed by atoms with Crippen molar-refractivity contribution >= 4 is 38.6 Å². The fourth-order valence-electron chi connectivity index (χ4n) is 8.69. The van der Waals surface area contributed by atoms with E-state index >= 15 is 0 Å². The van der Waals surface area contributed by atoms with Gasteiger partial charge < -0.3 is 40.9 Å². The summed E-state index contributed by atoms with van der Waals surface area (Å²) in [5.41, 5.74) is 5.10. The highest BCUT2D eigenvalue weighted by molar-refractivity contribution is 6.10. The lowest BCUT2D eigenvalue weighted by atomic mass is 9.92. The van der Waals surface area contributed by atoms with Crippen LogP contribution in [0.2, 0.25) is 0 Å². The Balaban J connectivity index is 1.15. The van der Waals surface area contributed by atoms with Crippen LogP contribution >= 0.6 is 0 Å². The van der Waals surface area contributed by atoms with Crippen LogP contribution in [0.1, 0.15) is 0 Å². The van der Waals surface area contributed by atoms with Crippen LogP contribution in [0.25, 0.3) is 77.2 Å². The summed E-state index contributed by atoms with van der Waals surface area (Å²) in [7, 11) is 0. The van der Waals surface area contributed by atoms with Crippen molar-refractivity contribution in [3.05, 3.63) is 188 Å². The molecule has 9 heteroatoms. The van der Waals surface area contributed by atoms with Crippen molar-refractivity contribution in [1.29, 1.82) is 0 Å². The first kappa shape index (κ1) is 40.0. The molecule has 0 radical (unpaired) electrons. The van der Waals surface area contributed by atoms with Crippen molar-refractivity contribution in [2.75, 3.05) is 4.90 Å². The summed E-state index contributed by atoms with van der Waals surface area (Å²) in [6.45, 7) is 0. The van der Waals surface area contributed by atoms with Crippen LogP contribution in [-0.2, 0) is 0 Å². The predicted molar refractivity (Wildman–Crippen MR) is 257 cm³/mol. The Morgan fingerprint density at radius 2 is 0.585 bits per heavy atom. The number of aromatic hydroxyl groups is 8. The molecule has 0 amide bonds. The molecule has 10 aromatic rings. The van der Waals surface area contributed by atoms with Gasteiger partial charge in [0.1, 0.15) is 11.4 Å². The number of nitrogens with zero attached hydrogens (tertiary/aromatic N) is 1. The van der Waals surface area contributed by atoms with E-state index in [4.69, 9.17) is 0 Å². The SMILES string of the molecule is Oc1c(O)c(N(c2ccc3c(ccc4cc(-c5cc(-c6ccccc6)cc(-c6ccccc6)c5)ccc43)c2)c2c(O)c(O)c(-c3ccccc3)c(O)c2O)c(O)c(O)c1-c1ccccc1. The second-order valence-electron chi connectivity index (χ2n) is 15.7. The molecule has 0 saturated heterocycles. The van der Waals surface area contributed by atoms with E-state index in [2.05, 4.69) is 54.6 Å². The second kappa shape index (κ2) is 16.0. The lowest BCUT2D eigenvalue weighted by Gasteiger charge is -2.30. The molecule has 0 unspecified atom stereocenters. The summed E-state index contributed by atoms with van der Waals surface area (Å²) < 4.78 is 0. The van der Waals surface area contributed by atoms with E-state index in [1.165, 1.54) is 0 Å². The van der Waals surface area contributed by atoms with E-state index in [0.29, 0.717) is 5.39 Å². The first-order valence-electron chi connectivity index (χ1n) is 20.7. The van der Waals surface area contributed by atoms with Gasteiger partial charge in [-0.1, -0.05) is 152 Å². The highest BCUT2D eigenvalue weighted by atomic mass is 16.3. The van der Waals surface area contributed by atoms with Crippen LogP contribution in [0.3, 0.4) is 0 Å². The van der Waals surface area contributed by atoms with Crippen molar-refractivity contribution in [3.8, 4) is 102 Å². The topological polar surface area (TPSA) is 165 Å². The molecule has 0 aliphatic rings. The molecule has 0 aliphatic carbocycles. The van der Waals surface area contributed by atoms with Crippen LogP contribution in [0.5, 0.6) is 46.0 Å². The van der Waals surface area contributed by atoms with E-state index < -0.39 is 57.4 Å². The van der Waals surface area contributed by atoms with E-state index in [9.17, 15) is 40.9 Å². The molecule has 65 heavy (non-hydrogen) atoms. The van der Waals surface area contributed by atoms with Crippen molar-refractivity contribution in [2.45, 2.75) is 0 Å². The number of anilines is 3. The molecule has 9 nitrogen and oxygen atoms in total. The quantitative estimate of drug-likeness (QED) is 0.0422. The molecule has 0 aromatic heterocycles. The lowest BCUT2D eigenvalue weighted by Crippen LogP contribution is -2.12. The summed E-state index contributed by atoms with van der Waals surface area (Å²) >= 11 is 0. The van der Waals surface area contributed by atoms with Crippen molar-refractivity contribution in [1.82, 2.24) is 0 Å². The number of benzene rings is 10. The molecule has 8 N–H and O–H groups in total. The summed E-state index contributed by atoms with van der Waals surface area (Å²) in [6.07, 6.45) is 0. The number of fused-ring (bicyclic) bond motifs is 3. The van der Waals surface area contributed by atoms with Gasteiger partial charge in [0.05, 0.1) is 11.1 Å². The van der Waals surface area contributed by atoms with Gasteiger partial charge in [-0.05, 0) is 102 Å². The van der Waals surface area contributed by atoms with Crippen LogP contribution in [0, 0.1) is 0 Å². The Hall–Kier alpha value is -9.08. The van der Waals surface area contributed by atoms with Gasteiger partial charge >= 0.3 is 0 Å². The Morgan fingerprint density at radius 3 is 0.985 bits per heavy atom. The third-order valence-corrected chi connectivity index (χ3v) is 11.9. The zero-order chi connectivity index (χ0) is 44.9. The summed E-state index contributed by atoms with van der Waals surface area (Å²) in [6, 6.07) is 58.3. The zero-order valence-electron chi connectivity index (χ0n) is 34.4. The minimum atomic E-state index is -0.943. The lowest BCUT2D eigenvalue weighted by molar-refractivity contribution is 0.372. The third-order valence-electron chi connectivity index (χ3n) is 11.9. The van der Waals surface area contributed by atoms with Gasteiger partial charge in [0.15, 0.2) is 46.0 Å². The molecule has 10 aromatic carbocycles. The van der Waals surface area contributed by atoms with E-state index in [0.717, 1.165) is 54.4 Å². The van der Waals surface area contributed by atoms with E-state index in [1.807, 2.05) is 54.6 Å². The van der Waals surface area contributed by atoms with Gasteiger partial charge in [-0.2, -0.15) is 0 Å². The molecule has 0 heterocycles. The Morgan fingerprint density at radius 1 is 0.246 bits per heavy atom. The van der Waals surface area contributed by atoms with E-state index in [1.54, 1.807) is 78.9 Å². The normalized spacial score (nSPS) is 11.3. The first-order valence-corrected chi connectivity index (χ1v) is 20.7. The summed E-state index contributed by atoms with van der Waals surface area (Å²) in [5.74, 6) is -7.08. The highest BCUT2D eigenvalue weighted by Gasteiger charge is 2.35. The Kier molecular flexibility index (Phi) is 9.85. The smallest absolute Gasteiger partial charge is 0.186 e. The molecule has 316 valence electrons. The van der Waals surface area contributed by atoms with Crippen molar-refractivity contribution < 1.29 is 40.9 Å². The molecule has 0 aliphatic heterocycles. The minimum absolute atomic E-state index is 0.0772. The van der Waals surface area contributed by atoms with E-state index in [-0.39, 0.29) is 27.9 Å². The monoisotopic (exact) mass is 853 g/mol. The highest BCUT2D eigenvalue weighted by Crippen LogP contribution is 2.63. The fraction of sp³-hybridized carbons (Fsp3) is 0. The maximum atomic E-state index is 11.8. The van der Waals surface area contributed by atoms with Gasteiger partial charge in [0.2, 0.25) is 0 Å². The molecule has 0 fully saturated rings. The standard InChI is InChI=1S/C56H39NO8/c58-49-45(34-17-9-3-10-18-34)50(59)54(63)47(53(49)62)57(48-55(64)51(60)46(52(61)56(48)65)35-19-11-4-12-20-35)42-24-26-44-38(31-42)22-21-37-27-36(23-25-43(37)44)41-29-39(32-13-5-1-6-14-32)28-40(30-41)33-15-7-2-8-16-33/h1-31,58-65H. The zero-order valence-corrected chi connectivity index (χ0v) is 34.4. The average molecular weight is 854 g/mol. The minimum Gasteiger partial charge on any atom is -0.504 e. The number of hydrogen-bond donors (Lipinski definition) is 8. The Bertz CT molecular complexity index is 3230. The molecule has 10 rings (SSSR count). The molecular formula is C56H39NO8. The summed E-state index contributed by atoms with van der Waals surface area (Å²) in [4.78, 5) is 0.953. The molecule has 0 atom stereocenters. The average Bonchev–Trinajstić information content (AvgIpc) is 3.35. The fourth-order valence-corrected chi connectivity index (χ4v) is 8.69. The van der Waals surface area contributed by atoms with Gasteiger partial charge in [0.25, 0.3) is 0 Å². The third kappa shape index (κ3) is 6.84. The molecule has 0 spiro atoms. The van der Waals surface area contributed by atoms with Gasteiger partial charge in [-0.15, -0.1) is 0 Å². The molecular weight excluding hydrogens is 815 g/mol. The second-order valence-corrected chi connectivity index (χ2v) is 15.7. The maximum absolute atomic E-state index is 11.8. The molecule has 0 bridgehead atoms. The Labute approximate surface area is 372 Å². The maximum Gasteiger partial charge on any atom is 0.186 e. The number of hydrogen-bond acceptors (Lipinski definition) is 9. The summed E-state index contributed by atoms with van der Waals surface area (Å²) in [5, 5.41) is 96.4. The number of phenolic OH excluding ortho intramolecular Hbond substituents is 8. The largest absolute Gasteiger partial charge is 0.504 e. The molecule has 0 saturated carbocycles.